The fourth-order valence-electron chi connectivity index (χ4n) is 3.06. The molecule has 23 heavy (non-hydrogen) atoms. The summed E-state index contributed by atoms with van der Waals surface area (Å²) in [5.41, 5.74) is 4.47. The molecule has 0 aromatic heterocycles. The molecule has 1 fully saturated rings. The minimum atomic E-state index is 0.131. The number of nitrogens with zero attached hydrogens (tertiary/aromatic N) is 1. The van der Waals surface area contributed by atoms with Crippen LogP contribution in [-0.4, -0.2) is 32.2 Å². The maximum atomic E-state index is 12.1. The molecular weight excluding hydrogens is 288 g/mol. The van der Waals surface area contributed by atoms with Gasteiger partial charge in [-0.25, -0.2) is 0 Å². The number of benzene rings is 1. The number of aryl methyl sites for hydroxylation is 2. The van der Waals surface area contributed by atoms with Crippen LogP contribution in [0.25, 0.3) is 0 Å². The summed E-state index contributed by atoms with van der Waals surface area (Å²) < 4.78 is 5.41. The molecule has 0 saturated carbocycles. The molecule has 0 aliphatic carbocycles. The lowest BCUT2D eigenvalue weighted by molar-refractivity contribution is -0.116. The smallest absolute Gasteiger partial charge is 0.224 e. The summed E-state index contributed by atoms with van der Waals surface area (Å²) in [5.74, 6) is 0.131. The number of morpholine rings is 1. The number of anilines is 2. The standard InChI is InChI=1S/C19H30N2O2/c1-4-5-6-7-8-18(22)20-19-15(2)13-17(14-16(19)3)21-9-11-23-12-10-21/h13-14H,4-12H2,1-3H3,(H,20,22). The van der Waals surface area contributed by atoms with Gasteiger partial charge in [0.15, 0.2) is 0 Å². The highest BCUT2D eigenvalue weighted by molar-refractivity contribution is 5.92. The molecule has 4 nitrogen and oxygen atoms in total. The molecule has 1 saturated heterocycles. The van der Waals surface area contributed by atoms with E-state index in [-0.39, 0.29) is 5.91 Å². The molecule has 0 unspecified atom stereocenters. The second-order valence-corrected chi connectivity index (χ2v) is 6.41. The third-order valence-electron chi connectivity index (χ3n) is 4.42. The lowest BCUT2D eigenvalue weighted by Gasteiger charge is -2.30. The van der Waals surface area contributed by atoms with E-state index in [1.54, 1.807) is 0 Å². The lowest BCUT2D eigenvalue weighted by atomic mass is 10.1. The van der Waals surface area contributed by atoms with E-state index in [0.29, 0.717) is 6.42 Å². The molecule has 1 aromatic carbocycles. The van der Waals surface area contributed by atoms with Gasteiger partial charge in [0.2, 0.25) is 5.91 Å². The van der Waals surface area contributed by atoms with E-state index in [4.69, 9.17) is 4.74 Å². The minimum absolute atomic E-state index is 0.131. The Morgan fingerprint density at radius 2 is 1.78 bits per heavy atom. The quantitative estimate of drug-likeness (QED) is 0.771. The van der Waals surface area contributed by atoms with Gasteiger partial charge in [-0.15, -0.1) is 0 Å². The fourth-order valence-corrected chi connectivity index (χ4v) is 3.06. The molecule has 0 radical (unpaired) electrons. The number of carbonyl (C=O) groups is 1. The van der Waals surface area contributed by atoms with Crippen LogP contribution >= 0.6 is 0 Å². The Labute approximate surface area is 140 Å². The second-order valence-electron chi connectivity index (χ2n) is 6.41. The maximum Gasteiger partial charge on any atom is 0.224 e. The predicted octanol–water partition coefficient (Wildman–Crippen LogP) is 4.05. The lowest BCUT2D eigenvalue weighted by Crippen LogP contribution is -2.36. The van der Waals surface area contributed by atoms with Crippen molar-refractivity contribution < 1.29 is 9.53 Å². The molecule has 1 aliphatic heterocycles. The molecule has 0 bridgehead atoms. The van der Waals surface area contributed by atoms with Crippen molar-refractivity contribution >= 4 is 17.3 Å². The highest BCUT2D eigenvalue weighted by Crippen LogP contribution is 2.28. The Balaban J connectivity index is 1.98. The molecule has 0 atom stereocenters. The number of hydrogen-bond acceptors (Lipinski definition) is 3. The van der Waals surface area contributed by atoms with Gasteiger partial charge in [0.05, 0.1) is 13.2 Å². The van der Waals surface area contributed by atoms with Crippen molar-refractivity contribution in [3.63, 3.8) is 0 Å². The molecule has 1 amide bonds. The molecule has 1 aliphatic rings. The van der Waals surface area contributed by atoms with E-state index in [2.05, 4.69) is 43.1 Å². The average Bonchev–Trinajstić information content (AvgIpc) is 2.55. The van der Waals surface area contributed by atoms with Gasteiger partial charge in [-0.1, -0.05) is 26.2 Å². The second kappa shape index (κ2) is 8.92. The molecule has 1 N–H and O–H groups in total. The minimum Gasteiger partial charge on any atom is -0.378 e. The SMILES string of the molecule is CCCCCCC(=O)Nc1c(C)cc(N2CCOCC2)cc1C. The number of nitrogens with one attached hydrogen (secondary N) is 1. The third-order valence-corrected chi connectivity index (χ3v) is 4.42. The Kier molecular flexibility index (Phi) is 6.90. The summed E-state index contributed by atoms with van der Waals surface area (Å²) >= 11 is 0. The first-order valence-corrected chi connectivity index (χ1v) is 8.85. The molecule has 1 aromatic rings. The Morgan fingerprint density at radius 1 is 1.13 bits per heavy atom. The number of rotatable bonds is 7. The highest BCUT2D eigenvalue weighted by Gasteiger charge is 2.14. The molecule has 128 valence electrons. The van der Waals surface area contributed by atoms with Crippen LogP contribution in [0.5, 0.6) is 0 Å². The van der Waals surface area contributed by atoms with Crippen LogP contribution in [0.1, 0.15) is 50.2 Å². The van der Waals surface area contributed by atoms with E-state index in [9.17, 15) is 4.79 Å². The predicted molar refractivity (Wildman–Crippen MR) is 96.3 cm³/mol. The summed E-state index contributed by atoms with van der Waals surface area (Å²) in [5, 5.41) is 3.10. The summed E-state index contributed by atoms with van der Waals surface area (Å²) in [7, 11) is 0. The van der Waals surface area contributed by atoms with Gasteiger partial charge in [0.1, 0.15) is 0 Å². The zero-order valence-corrected chi connectivity index (χ0v) is 14.8. The molecule has 2 rings (SSSR count). The monoisotopic (exact) mass is 318 g/mol. The normalized spacial score (nSPS) is 14.8. The van der Waals surface area contributed by atoms with E-state index in [1.165, 1.54) is 18.5 Å². The largest absolute Gasteiger partial charge is 0.378 e. The van der Waals surface area contributed by atoms with Crippen LogP contribution in [0, 0.1) is 13.8 Å². The van der Waals surface area contributed by atoms with Gasteiger partial charge >= 0.3 is 0 Å². The Morgan fingerprint density at radius 3 is 2.39 bits per heavy atom. The first-order chi connectivity index (χ1) is 11.1. The fraction of sp³-hybridized carbons (Fsp3) is 0.632. The van der Waals surface area contributed by atoms with Gasteiger partial charge in [-0.2, -0.15) is 0 Å². The van der Waals surface area contributed by atoms with Gasteiger partial charge in [0, 0.05) is 30.9 Å². The molecule has 4 heteroatoms. The van der Waals surface area contributed by atoms with Crippen LogP contribution in [0.2, 0.25) is 0 Å². The van der Waals surface area contributed by atoms with Crippen LogP contribution in [0.15, 0.2) is 12.1 Å². The van der Waals surface area contributed by atoms with Crippen LogP contribution in [0.4, 0.5) is 11.4 Å². The first-order valence-electron chi connectivity index (χ1n) is 8.85. The van der Waals surface area contributed by atoms with Crippen molar-refractivity contribution in [2.45, 2.75) is 52.9 Å². The first kappa shape index (κ1) is 17.8. The third kappa shape index (κ3) is 5.24. The average molecular weight is 318 g/mol. The van der Waals surface area contributed by atoms with Crippen molar-refractivity contribution in [2.75, 3.05) is 36.5 Å². The molecule has 0 spiro atoms. The van der Waals surface area contributed by atoms with Gasteiger partial charge < -0.3 is 15.0 Å². The number of hydrogen-bond donors (Lipinski definition) is 1. The number of ether oxygens (including phenoxy) is 1. The van der Waals surface area contributed by atoms with Gasteiger partial charge in [0.25, 0.3) is 0 Å². The van der Waals surface area contributed by atoms with E-state index >= 15 is 0 Å². The van der Waals surface area contributed by atoms with Crippen molar-refractivity contribution in [2.24, 2.45) is 0 Å². The van der Waals surface area contributed by atoms with Crippen molar-refractivity contribution in [1.82, 2.24) is 0 Å². The molecule has 1 heterocycles. The van der Waals surface area contributed by atoms with Crippen molar-refractivity contribution in [3.8, 4) is 0 Å². The summed E-state index contributed by atoms with van der Waals surface area (Å²) in [4.78, 5) is 14.5. The number of unbranched alkanes of at least 4 members (excludes halogenated alkanes) is 3. The topological polar surface area (TPSA) is 41.6 Å². The zero-order valence-electron chi connectivity index (χ0n) is 14.8. The zero-order chi connectivity index (χ0) is 16.7. The van der Waals surface area contributed by atoms with E-state index < -0.39 is 0 Å². The summed E-state index contributed by atoms with van der Waals surface area (Å²) in [6, 6.07) is 4.34. The summed E-state index contributed by atoms with van der Waals surface area (Å²) in [6.45, 7) is 9.77. The van der Waals surface area contributed by atoms with Gasteiger partial charge in [-0.05, 0) is 43.5 Å². The Bertz CT molecular complexity index is 499. The van der Waals surface area contributed by atoms with Crippen LogP contribution in [0.3, 0.4) is 0 Å². The van der Waals surface area contributed by atoms with E-state index in [0.717, 1.165) is 56.0 Å². The number of carbonyl (C=O) groups excluding carboxylic acids is 1. The Hall–Kier alpha value is -1.55. The number of amides is 1. The van der Waals surface area contributed by atoms with Gasteiger partial charge in [-0.3, -0.25) is 4.79 Å². The maximum absolute atomic E-state index is 12.1. The van der Waals surface area contributed by atoms with Crippen molar-refractivity contribution in [1.29, 1.82) is 0 Å². The highest BCUT2D eigenvalue weighted by atomic mass is 16.5. The van der Waals surface area contributed by atoms with Crippen LogP contribution in [-0.2, 0) is 9.53 Å². The van der Waals surface area contributed by atoms with Crippen LogP contribution < -0.4 is 10.2 Å². The molecular formula is C19H30N2O2. The summed E-state index contributed by atoms with van der Waals surface area (Å²) in [6.07, 6.45) is 5.13. The van der Waals surface area contributed by atoms with E-state index in [1.807, 2.05) is 0 Å². The van der Waals surface area contributed by atoms with Crippen molar-refractivity contribution in [3.05, 3.63) is 23.3 Å².